The molecule has 4 heteroatoms. The molecule has 2 rings (SSSR count). The number of aromatic nitrogens is 1. The van der Waals surface area contributed by atoms with Crippen LogP contribution in [-0.2, 0) is 0 Å². The smallest absolute Gasteiger partial charge is 0.181 e. The van der Waals surface area contributed by atoms with E-state index in [2.05, 4.69) is 15.6 Å². The van der Waals surface area contributed by atoms with Crippen molar-refractivity contribution in [2.24, 2.45) is 0 Å². The van der Waals surface area contributed by atoms with Gasteiger partial charge in [-0.3, -0.25) is 0 Å². The van der Waals surface area contributed by atoms with E-state index in [9.17, 15) is 0 Å². The normalized spacial score (nSPS) is 10.5. The predicted octanol–water partition coefficient (Wildman–Crippen LogP) is 1.42. The second-order valence-corrected chi connectivity index (χ2v) is 2.74. The van der Waals surface area contributed by atoms with Crippen molar-refractivity contribution in [3.05, 3.63) is 24.6 Å². The number of fused-ring (bicyclic) bond motifs is 1. The maximum atomic E-state index is 5.17. The van der Waals surface area contributed by atoms with Gasteiger partial charge >= 0.3 is 0 Å². The van der Waals surface area contributed by atoms with Crippen LogP contribution in [0.2, 0.25) is 0 Å². The number of benzene rings is 1. The second kappa shape index (κ2) is 3.45. The Morgan fingerprint density at radius 2 is 2.38 bits per heavy atom. The minimum Gasteiger partial charge on any atom is -0.443 e. The highest BCUT2D eigenvalue weighted by Gasteiger charge is 1.98. The van der Waals surface area contributed by atoms with Crippen LogP contribution in [0.15, 0.2) is 29.0 Å². The maximum absolute atomic E-state index is 5.17. The summed E-state index contributed by atoms with van der Waals surface area (Å²) in [7, 11) is 1.89. The molecule has 68 valence electrons. The third-order valence-corrected chi connectivity index (χ3v) is 1.80. The van der Waals surface area contributed by atoms with Crippen LogP contribution in [0.5, 0.6) is 0 Å². The van der Waals surface area contributed by atoms with Gasteiger partial charge in [-0.15, -0.1) is 0 Å². The molecule has 13 heavy (non-hydrogen) atoms. The van der Waals surface area contributed by atoms with E-state index in [1.807, 2.05) is 25.2 Å². The second-order valence-electron chi connectivity index (χ2n) is 2.74. The Morgan fingerprint density at radius 3 is 3.23 bits per heavy atom. The molecule has 0 radical (unpaired) electrons. The standard InChI is InChI=1S/C9H11N3O/c1-10-5-11-7-2-3-8-9(4-7)13-6-12-8/h2-4,6,10-11H,5H2,1H3. The van der Waals surface area contributed by atoms with Crippen LogP contribution in [0, 0.1) is 0 Å². The van der Waals surface area contributed by atoms with Crippen LogP contribution in [0.3, 0.4) is 0 Å². The Balaban J connectivity index is 2.26. The summed E-state index contributed by atoms with van der Waals surface area (Å²) in [6.07, 6.45) is 1.45. The average molecular weight is 177 g/mol. The van der Waals surface area contributed by atoms with E-state index < -0.39 is 0 Å². The van der Waals surface area contributed by atoms with Gasteiger partial charge in [0.05, 0.1) is 6.67 Å². The van der Waals surface area contributed by atoms with Gasteiger partial charge in [0.1, 0.15) is 5.52 Å². The summed E-state index contributed by atoms with van der Waals surface area (Å²) in [4.78, 5) is 4.03. The molecule has 0 aliphatic rings. The van der Waals surface area contributed by atoms with E-state index in [1.54, 1.807) is 0 Å². The highest BCUT2D eigenvalue weighted by atomic mass is 16.3. The Morgan fingerprint density at radius 1 is 1.46 bits per heavy atom. The number of nitrogens with zero attached hydrogens (tertiary/aromatic N) is 1. The molecule has 0 aliphatic heterocycles. The Bertz CT molecular complexity index is 396. The van der Waals surface area contributed by atoms with E-state index in [0.29, 0.717) is 0 Å². The van der Waals surface area contributed by atoms with Crippen LogP contribution in [-0.4, -0.2) is 18.7 Å². The van der Waals surface area contributed by atoms with Crippen molar-refractivity contribution in [1.29, 1.82) is 0 Å². The first-order chi connectivity index (χ1) is 6.40. The quantitative estimate of drug-likeness (QED) is 0.696. The van der Waals surface area contributed by atoms with E-state index in [4.69, 9.17) is 4.42 Å². The minimum absolute atomic E-state index is 0.736. The van der Waals surface area contributed by atoms with Gasteiger partial charge in [0.2, 0.25) is 0 Å². The number of oxazole rings is 1. The third-order valence-electron chi connectivity index (χ3n) is 1.80. The van der Waals surface area contributed by atoms with E-state index in [1.165, 1.54) is 6.39 Å². The van der Waals surface area contributed by atoms with E-state index >= 15 is 0 Å². The molecule has 0 saturated heterocycles. The summed E-state index contributed by atoms with van der Waals surface area (Å²) in [6, 6.07) is 5.83. The molecule has 0 spiro atoms. The van der Waals surface area contributed by atoms with Crippen molar-refractivity contribution in [2.45, 2.75) is 0 Å². The predicted molar refractivity (Wildman–Crippen MR) is 51.6 cm³/mol. The first-order valence-corrected chi connectivity index (χ1v) is 4.12. The van der Waals surface area contributed by atoms with Crippen LogP contribution >= 0.6 is 0 Å². The van der Waals surface area contributed by atoms with E-state index in [0.717, 1.165) is 23.5 Å². The lowest BCUT2D eigenvalue weighted by molar-refractivity contribution is 0.602. The van der Waals surface area contributed by atoms with Crippen LogP contribution in [0.25, 0.3) is 11.1 Å². The molecule has 0 fully saturated rings. The summed E-state index contributed by atoms with van der Waals surface area (Å²) in [6.45, 7) is 0.736. The molecule has 0 amide bonds. The molecule has 1 heterocycles. The van der Waals surface area contributed by atoms with Crippen molar-refractivity contribution in [3.8, 4) is 0 Å². The molecule has 4 nitrogen and oxygen atoms in total. The van der Waals surface area contributed by atoms with Crippen molar-refractivity contribution >= 4 is 16.8 Å². The van der Waals surface area contributed by atoms with Crippen molar-refractivity contribution in [2.75, 3.05) is 19.0 Å². The zero-order valence-corrected chi connectivity index (χ0v) is 7.37. The van der Waals surface area contributed by atoms with Gasteiger partial charge in [0.25, 0.3) is 0 Å². The van der Waals surface area contributed by atoms with Crippen molar-refractivity contribution in [1.82, 2.24) is 10.3 Å². The SMILES string of the molecule is CNCNc1ccc2ncoc2c1. The molecule has 0 saturated carbocycles. The molecule has 0 aliphatic carbocycles. The summed E-state index contributed by atoms with van der Waals surface area (Å²) in [5, 5.41) is 6.18. The molecular formula is C9H11N3O. The fourth-order valence-corrected chi connectivity index (χ4v) is 1.16. The minimum atomic E-state index is 0.736. The van der Waals surface area contributed by atoms with Gasteiger partial charge in [0, 0.05) is 11.8 Å². The summed E-state index contributed by atoms with van der Waals surface area (Å²) >= 11 is 0. The fourth-order valence-electron chi connectivity index (χ4n) is 1.16. The van der Waals surface area contributed by atoms with Gasteiger partial charge in [-0.25, -0.2) is 4.98 Å². The third kappa shape index (κ3) is 1.62. The van der Waals surface area contributed by atoms with Crippen LogP contribution in [0.1, 0.15) is 0 Å². The zero-order valence-electron chi connectivity index (χ0n) is 7.37. The number of rotatable bonds is 3. The van der Waals surface area contributed by atoms with Crippen molar-refractivity contribution in [3.63, 3.8) is 0 Å². The molecule has 1 aromatic heterocycles. The fraction of sp³-hybridized carbons (Fsp3) is 0.222. The number of anilines is 1. The highest BCUT2D eigenvalue weighted by molar-refractivity contribution is 5.76. The number of hydrogen-bond donors (Lipinski definition) is 2. The lowest BCUT2D eigenvalue weighted by atomic mass is 10.3. The summed E-state index contributed by atoms with van der Waals surface area (Å²) in [5.41, 5.74) is 2.72. The number of nitrogens with one attached hydrogen (secondary N) is 2. The first-order valence-electron chi connectivity index (χ1n) is 4.12. The van der Waals surface area contributed by atoms with Crippen LogP contribution < -0.4 is 10.6 Å². The molecule has 2 aromatic rings. The molecule has 1 aromatic carbocycles. The average Bonchev–Trinajstić information content (AvgIpc) is 2.61. The van der Waals surface area contributed by atoms with Gasteiger partial charge < -0.3 is 15.1 Å². The molecule has 0 bridgehead atoms. The lowest BCUT2D eigenvalue weighted by Gasteiger charge is -2.03. The first kappa shape index (κ1) is 8.07. The van der Waals surface area contributed by atoms with Gasteiger partial charge in [0.15, 0.2) is 12.0 Å². The Labute approximate surface area is 76.0 Å². The Kier molecular flexibility index (Phi) is 2.14. The van der Waals surface area contributed by atoms with Gasteiger partial charge in [-0.1, -0.05) is 0 Å². The van der Waals surface area contributed by atoms with E-state index in [-0.39, 0.29) is 0 Å². The summed E-state index contributed by atoms with van der Waals surface area (Å²) in [5.74, 6) is 0. The van der Waals surface area contributed by atoms with Crippen molar-refractivity contribution < 1.29 is 4.42 Å². The molecular weight excluding hydrogens is 166 g/mol. The maximum Gasteiger partial charge on any atom is 0.181 e. The lowest BCUT2D eigenvalue weighted by Crippen LogP contribution is -2.16. The highest BCUT2D eigenvalue weighted by Crippen LogP contribution is 2.17. The summed E-state index contributed by atoms with van der Waals surface area (Å²) < 4.78 is 5.17. The van der Waals surface area contributed by atoms with Crippen LogP contribution in [0.4, 0.5) is 5.69 Å². The Hall–Kier alpha value is -1.55. The van der Waals surface area contributed by atoms with Gasteiger partial charge in [-0.2, -0.15) is 0 Å². The van der Waals surface area contributed by atoms with Gasteiger partial charge in [-0.05, 0) is 19.2 Å². The molecule has 0 atom stereocenters. The molecule has 0 unspecified atom stereocenters. The zero-order chi connectivity index (χ0) is 9.10. The molecule has 2 N–H and O–H groups in total. The number of hydrogen-bond acceptors (Lipinski definition) is 4. The largest absolute Gasteiger partial charge is 0.443 e. The monoisotopic (exact) mass is 177 g/mol. The topological polar surface area (TPSA) is 50.1 Å².